The fourth-order valence-electron chi connectivity index (χ4n) is 2.57. The lowest BCUT2D eigenvalue weighted by Crippen LogP contribution is -2.27. The highest BCUT2D eigenvalue weighted by atomic mass is 79.9. The quantitative estimate of drug-likeness (QED) is 0.754. The van der Waals surface area contributed by atoms with Crippen LogP contribution in [0.2, 0.25) is 0 Å². The zero-order chi connectivity index (χ0) is 15.5. The number of ether oxygens (including phenoxy) is 1. The van der Waals surface area contributed by atoms with Gasteiger partial charge in [0.1, 0.15) is 5.82 Å². The first kappa shape index (κ1) is 16.2. The summed E-state index contributed by atoms with van der Waals surface area (Å²) in [7, 11) is 3.82. The van der Waals surface area contributed by atoms with Gasteiger partial charge in [-0.05, 0) is 30.2 Å². The Morgan fingerprint density at radius 3 is 3.14 bits per heavy atom. The van der Waals surface area contributed by atoms with Gasteiger partial charge in [-0.3, -0.25) is 0 Å². The third-order valence-electron chi connectivity index (χ3n) is 3.74. The van der Waals surface area contributed by atoms with Gasteiger partial charge in [0.15, 0.2) is 0 Å². The smallest absolute Gasteiger partial charge is 0.205 e. The summed E-state index contributed by atoms with van der Waals surface area (Å²) in [4.78, 5) is 8.29. The predicted molar refractivity (Wildman–Crippen MR) is 96.1 cm³/mol. The SMILES string of the molecule is COCCc1nsc(N(C)C2CCSc3ccc(Br)cc32)n1. The molecule has 2 heterocycles. The molecular formula is C15H18BrN3OS2. The van der Waals surface area contributed by atoms with E-state index in [0.29, 0.717) is 12.6 Å². The van der Waals surface area contributed by atoms with Crippen LogP contribution in [-0.2, 0) is 11.2 Å². The van der Waals surface area contributed by atoms with Crippen molar-refractivity contribution < 1.29 is 4.74 Å². The molecule has 0 saturated heterocycles. The van der Waals surface area contributed by atoms with Crippen LogP contribution in [0.1, 0.15) is 23.9 Å². The Bertz CT molecular complexity index is 649. The number of halogens is 1. The molecule has 1 aliphatic rings. The van der Waals surface area contributed by atoms with Crippen LogP contribution in [0.3, 0.4) is 0 Å². The van der Waals surface area contributed by atoms with E-state index >= 15 is 0 Å². The Kier molecular flexibility index (Phi) is 5.38. The molecule has 0 aliphatic carbocycles. The van der Waals surface area contributed by atoms with E-state index in [-0.39, 0.29) is 0 Å². The van der Waals surface area contributed by atoms with Crippen molar-refractivity contribution in [3.05, 3.63) is 34.1 Å². The van der Waals surface area contributed by atoms with Crippen LogP contribution in [0.15, 0.2) is 27.6 Å². The van der Waals surface area contributed by atoms with Gasteiger partial charge in [0, 0.05) is 47.2 Å². The first-order valence-corrected chi connectivity index (χ1v) is 9.71. The van der Waals surface area contributed by atoms with Crippen LogP contribution >= 0.6 is 39.2 Å². The van der Waals surface area contributed by atoms with Crippen LogP contribution in [0, 0.1) is 0 Å². The van der Waals surface area contributed by atoms with Gasteiger partial charge in [0.05, 0.1) is 12.6 Å². The molecule has 118 valence electrons. The van der Waals surface area contributed by atoms with Gasteiger partial charge in [-0.25, -0.2) is 4.98 Å². The maximum Gasteiger partial charge on any atom is 0.205 e. The van der Waals surface area contributed by atoms with E-state index < -0.39 is 0 Å². The maximum atomic E-state index is 5.09. The van der Waals surface area contributed by atoms with Crippen LogP contribution in [-0.4, -0.2) is 35.9 Å². The maximum absolute atomic E-state index is 5.09. The van der Waals surface area contributed by atoms with E-state index in [1.807, 2.05) is 11.8 Å². The minimum absolute atomic E-state index is 0.358. The summed E-state index contributed by atoms with van der Waals surface area (Å²) in [6.07, 6.45) is 1.89. The number of anilines is 1. The molecular weight excluding hydrogens is 382 g/mol. The van der Waals surface area contributed by atoms with Crippen LogP contribution in [0.5, 0.6) is 0 Å². The Hall–Kier alpha value is -0.630. The lowest BCUT2D eigenvalue weighted by Gasteiger charge is -2.32. The molecule has 1 atom stereocenters. The van der Waals surface area contributed by atoms with E-state index in [0.717, 1.165) is 34.0 Å². The summed E-state index contributed by atoms with van der Waals surface area (Å²) >= 11 is 6.99. The van der Waals surface area contributed by atoms with Crippen molar-refractivity contribution in [2.75, 3.05) is 31.4 Å². The van der Waals surface area contributed by atoms with Gasteiger partial charge in [0.2, 0.25) is 5.13 Å². The third kappa shape index (κ3) is 3.48. The molecule has 0 bridgehead atoms. The molecule has 3 rings (SSSR count). The minimum Gasteiger partial charge on any atom is -0.384 e. The highest BCUT2D eigenvalue weighted by Gasteiger charge is 2.26. The van der Waals surface area contributed by atoms with Crippen molar-refractivity contribution in [1.82, 2.24) is 9.36 Å². The van der Waals surface area contributed by atoms with E-state index in [1.54, 1.807) is 7.11 Å². The molecule has 0 N–H and O–H groups in total. The van der Waals surface area contributed by atoms with E-state index in [2.05, 4.69) is 55.4 Å². The molecule has 1 aliphatic heterocycles. The van der Waals surface area contributed by atoms with Crippen molar-refractivity contribution >= 4 is 44.4 Å². The largest absolute Gasteiger partial charge is 0.384 e. The zero-order valence-electron chi connectivity index (χ0n) is 12.6. The number of thioether (sulfide) groups is 1. The average molecular weight is 400 g/mol. The second kappa shape index (κ2) is 7.29. The second-order valence-electron chi connectivity index (χ2n) is 5.18. The lowest BCUT2D eigenvalue weighted by molar-refractivity contribution is 0.201. The topological polar surface area (TPSA) is 38.2 Å². The zero-order valence-corrected chi connectivity index (χ0v) is 15.8. The normalized spacial score (nSPS) is 17.3. The standard InChI is InChI=1S/C15H18BrN3OS2/c1-19(15-17-14(18-22-15)5-7-20-2)12-6-8-21-13-4-3-10(16)9-11(12)13/h3-4,9,12H,5-8H2,1-2H3. The summed E-state index contributed by atoms with van der Waals surface area (Å²) < 4.78 is 10.7. The molecule has 0 radical (unpaired) electrons. The Labute approximate surface area is 147 Å². The molecule has 4 nitrogen and oxygen atoms in total. The fraction of sp³-hybridized carbons (Fsp3) is 0.467. The summed E-state index contributed by atoms with van der Waals surface area (Å²) in [6, 6.07) is 6.91. The molecule has 0 spiro atoms. The highest BCUT2D eigenvalue weighted by Crippen LogP contribution is 2.41. The van der Waals surface area contributed by atoms with Crippen LogP contribution in [0.4, 0.5) is 5.13 Å². The van der Waals surface area contributed by atoms with E-state index in [4.69, 9.17) is 4.74 Å². The number of nitrogens with zero attached hydrogens (tertiary/aromatic N) is 3. The molecule has 7 heteroatoms. The Morgan fingerprint density at radius 2 is 2.32 bits per heavy atom. The van der Waals surface area contributed by atoms with Crippen molar-refractivity contribution in [2.24, 2.45) is 0 Å². The van der Waals surface area contributed by atoms with E-state index in [9.17, 15) is 0 Å². The molecule has 0 amide bonds. The van der Waals surface area contributed by atoms with Crippen LogP contribution < -0.4 is 4.90 Å². The van der Waals surface area contributed by atoms with Gasteiger partial charge in [0.25, 0.3) is 0 Å². The molecule has 2 aromatic rings. The van der Waals surface area contributed by atoms with Gasteiger partial charge in [-0.15, -0.1) is 11.8 Å². The molecule has 1 unspecified atom stereocenters. The van der Waals surface area contributed by atoms with Crippen molar-refractivity contribution in [2.45, 2.75) is 23.8 Å². The van der Waals surface area contributed by atoms with Crippen molar-refractivity contribution in [3.63, 3.8) is 0 Å². The number of hydrogen-bond acceptors (Lipinski definition) is 6. The van der Waals surface area contributed by atoms with Crippen LogP contribution in [0.25, 0.3) is 0 Å². The number of benzene rings is 1. The van der Waals surface area contributed by atoms with Gasteiger partial charge in [-0.1, -0.05) is 15.9 Å². The van der Waals surface area contributed by atoms with Gasteiger partial charge in [-0.2, -0.15) is 4.37 Å². The molecule has 0 saturated carbocycles. The monoisotopic (exact) mass is 399 g/mol. The number of aromatic nitrogens is 2. The first-order valence-electron chi connectivity index (χ1n) is 7.15. The summed E-state index contributed by atoms with van der Waals surface area (Å²) in [5.74, 6) is 2.01. The number of rotatable bonds is 5. The first-order chi connectivity index (χ1) is 10.7. The lowest BCUT2D eigenvalue weighted by atomic mass is 10.0. The predicted octanol–water partition coefficient (Wildman–Crippen LogP) is 4.16. The minimum atomic E-state index is 0.358. The van der Waals surface area contributed by atoms with E-state index in [1.165, 1.54) is 22.0 Å². The van der Waals surface area contributed by atoms with Crippen molar-refractivity contribution in [3.8, 4) is 0 Å². The summed E-state index contributed by atoms with van der Waals surface area (Å²) in [6.45, 7) is 0.662. The van der Waals surface area contributed by atoms with Gasteiger partial charge >= 0.3 is 0 Å². The summed E-state index contributed by atoms with van der Waals surface area (Å²) in [5.41, 5.74) is 1.38. The Balaban J connectivity index is 1.82. The number of hydrogen-bond donors (Lipinski definition) is 0. The highest BCUT2D eigenvalue weighted by molar-refractivity contribution is 9.10. The molecule has 1 aromatic carbocycles. The fourth-order valence-corrected chi connectivity index (χ4v) is 4.75. The average Bonchev–Trinajstić information content (AvgIpc) is 3.00. The van der Waals surface area contributed by atoms with Crippen molar-refractivity contribution in [1.29, 1.82) is 0 Å². The number of methoxy groups -OCH3 is 1. The molecule has 0 fully saturated rings. The van der Waals surface area contributed by atoms with Gasteiger partial charge < -0.3 is 9.64 Å². The second-order valence-corrected chi connectivity index (χ2v) is 7.96. The number of fused-ring (bicyclic) bond motifs is 1. The third-order valence-corrected chi connectivity index (χ3v) is 6.20. The summed E-state index contributed by atoms with van der Waals surface area (Å²) in [5, 5.41) is 0.980. The Morgan fingerprint density at radius 1 is 1.45 bits per heavy atom. The molecule has 22 heavy (non-hydrogen) atoms. The molecule has 1 aromatic heterocycles.